The molecule has 0 saturated carbocycles. The number of rotatable bonds is 18. The molecule has 0 aromatic carbocycles. The molecule has 1 atom stereocenters. The van der Waals surface area contributed by atoms with Crippen LogP contribution in [0.25, 0.3) is 0 Å². The van der Waals surface area contributed by atoms with E-state index in [9.17, 15) is 8.42 Å². The van der Waals surface area contributed by atoms with Crippen LogP contribution in [0.1, 0.15) is 58.8 Å². The minimum Gasteiger partial charge on any atom is -0.379 e. The zero-order valence-corrected chi connectivity index (χ0v) is 15.9. The quantitative estimate of drug-likeness (QED) is 0.293. The van der Waals surface area contributed by atoms with Gasteiger partial charge in [-0.1, -0.05) is 46.0 Å². The Morgan fingerprint density at radius 2 is 1.33 bits per heavy atom. The van der Waals surface area contributed by atoms with Crippen LogP contribution < -0.4 is 0 Å². The lowest BCUT2D eigenvalue weighted by molar-refractivity contribution is -0.00609. The Bertz CT molecular complexity index is 359. The maximum absolute atomic E-state index is 10.6. The Labute approximate surface area is 147 Å². The SMILES string of the molecule is CCCCCCCCOCCOCCOCC(CC)OS(=O)(=O)O. The van der Waals surface area contributed by atoms with Crippen molar-refractivity contribution in [3.8, 4) is 0 Å². The summed E-state index contributed by atoms with van der Waals surface area (Å²) < 4.78 is 50.3. The van der Waals surface area contributed by atoms with Crippen LogP contribution in [0, 0.1) is 0 Å². The summed E-state index contributed by atoms with van der Waals surface area (Å²) in [5.41, 5.74) is 0. The molecule has 0 aliphatic heterocycles. The van der Waals surface area contributed by atoms with Crippen molar-refractivity contribution in [1.82, 2.24) is 0 Å². The number of hydrogen-bond acceptors (Lipinski definition) is 6. The van der Waals surface area contributed by atoms with Crippen LogP contribution in [0.3, 0.4) is 0 Å². The Balaban J connectivity index is 3.27. The average molecular weight is 371 g/mol. The normalized spacial score (nSPS) is 13.3. The molecule has 24 heavy (non-hydrogen) atoms. The molecule has 0 fully saturated rings. The van der Waals surface area contributed by atoms with Crippen LogP contribution >= 0.6 is 0 Å². The third kappa shape index (κ3) is 18.1. The molecule has 0 radical (unpaired) electrons. The zero-order valence-electron chi connectivity index (χ0n) is 15.1. The number of hydrogen-bond donors (Lipinski definition) is 1. The number of unbranched alkanes of at least 4 members (excludes halogenated alkanes) is 5. The van der Waals surface area contributed by atoms with Crippen molar-refractivity contribution in [2.45, 2.75) is 64.9 Å². The summed E-state index contributed by atoms with van der Waals surface area (Å²) in [7, 11) is -4.43. The minimum absolute atomic E-state index is 0.0914. The van der Waals surface area contributed by atoms with E-state index in [0.717, 1.165) is 13.0 Å². The average Bonchev–Trinajstić information content (AvgIpc) is 2.53. The van der Waals surface area contributed by atoms with E-state index in [1.54, 1.807) is 6.92 Å². The first kappa shape index (κ1) is 23.8. The summed E-state index contributed by atoms with van der Waals surface area (Å²) in [6.45, 7) is 6.65. The van der Waals surface area contributed by atoms with E-state index in [4.69, 9.17) is 18.8 Å². The highest BCUT2D eigenvalue weighted by Crippen LogP contribution is 2.05. The van der Waals surface area contributed by atoms with Gasteiger partial charge in [0.25, 0.3) is 0 Å². The molecule has 0 aromatic rings. The van der Waals surface area contributed by atoms with Crippen molar-refractivity contribution in [3.63, 3.8) is 0 Å². The van der Waals surface area contributed by atoms with Crippen LogP contribution in [0.2, 0.25) is 0 Å². The molecule has 0 bridgehead atoms. The highest BCUT2D eigenvalue weighted by atomic mass is 32.3. The van der Waals surface area contributed by atoms with Crippen LogP contribution in [0.4, 0.5) is 0 Å². The van der Waals surface area contributed by atoms with Gasteiger partial charge in [-0.15, -0.1) is 0 Å². The molecule has 0 saturated heterocycles. The maximum Gasteiger partial charge on any atom is 0.397 e. The van der Waals surface area contributed by atoms with Gasteiger partial charge in [-0.05, 0) is 12.8 Å². The van der Waals surface area contributed by atoms with E-state index in [2.05, 4.69) is 11.1 Å². The molecule has 0 aliphatic rings. The van der Waals surface area contributed by atoms with Crippen LogP contribution in [0.15, 0.2) is 0 Å². The van der Waals surface area contributed by atoms with Gasteiger partial charge < -0.3 is 14.2 Å². The summed E-state index contributed by atoms with van der Waals surface area (Å²) >= 11 is 0. The third-order valence-electron chi connectivity index (χ3n) is 3.40. The van der Waals surface area contributed by atoms with Gasteiger partial charge in [-0.25, -0.2) is 4.18 Å². The lowest BCUT2D eigenvalue weighted by atomic mass is 10.1. The first-order chi connectivity index (χ1) is 11.5. The molecule has 0 spiro atoms. The van der Waals surface area contributed by atoms with Crippen LogP contribution in [0.5, 0.6) is 0 Å². The topological polar surface area (TPSA) is 91.3 Å². The predicted molar refractivity (Wildman–Crippen MR) is 92.5 cm³/mol. The van der Waals surface area contributed by atoms with Crippen molar-refractivity contribution < 1.29 is 31.4 Å². The van der Waals surface area contributed by atoms with Crippen molar-refractivity contribution in [2.75, 3.05) is 39.6 Å². The third-order valence-corrected chi connectivity index (χ3v) is 3.92. The monoisotopic (exact) mass is 370 g/mol. The standard InChI is InChI=1S/C16H34O7S/c1-3-5-6-7-8-9-10-20-11-12-21-13-14-22-15-16(4-2)23-24(17,18)19/h16H,3-15H2,1-2H3,(H,17,18,19). The van der Waals surface area contributed by atoms with Gasteiger partial charge in [-0.2, -0.15) is 8.42 Å². The zero-order chi connectivity index (χ0) is 18.1. The fraction of sp³-hybridized carbons (Fsp3) is 1.00. The van der Waals surface area contributed by atoms with Gasteiger partial charge in [0, 0.05) is 6.61 Å². The molecular weight excluding hydrogens is 336 g/mol. The van der Waals surface area contributed by atoms with Crippen LogP contribution in [-0.4, -0.2) is 58.7 Å². The van der Waals surface area contributed by atoms with E-state index >= 15 is 0 Å². The van der Waals surface area contributed by atoms with Crippen molar-refractivity contribution in [2.24, 2.45) is 0 Å². The lowest BCUT2D eigenvalue weighted by Gasteiger charge is -2.13. The minimum atomic E-state index is -4.43. The molecule has 0 aromatic heterocycles. The second-order valence-corrected chi connectivity index (χ2v) is 6.67. The second kappa shape index (κ2) is 16.2. The molecule has 7 nitrogen and oxygen atoms in total. The van der Waals surface area contributed by atoms with E-state index in [0.29, 0.717) is 32.8 Å². The van der Waals surface area contributed by atoms with E-state index in [1.165, 1.54) is 32.1 Å². The first-order valence-electron chi connectivity index (χ1n) is 8.88. The molecule has 146 valence electrons. The smallest absolute Gasteiger partial charge is 0.379 e. The van der Waals surface area contributed by atoms with Gasteiger partial charge in [0.2, 0.25) is 0 Å². The summed E-state index contributed by atoms with van der Waals surface area (Å²) in [6.07, 6.45) is 7.24. The summed E-state index contributed by atoms with van der Waals surface area (Å²) in [5, 5.41) is 0. The fourth-order valence-electron chi connectivity index (χ4n) is 2.02. The van der Waals surface area contributed by atoms with E-state index in [-0.39, 0.29) is 6.61 Å². The van der Waals surface area contributed by atoms with Gasteiger partial charge in [-0.3, -0.25) is 4.55 Å². The lowest BCUT2D eigenvalue weighted by Crippen LogP contribution is -2.23. The van der Waals surface area contributed by atoms with Gasteiger partial charge in [0.1, 0.15) is 6.10 Å². The number of ether oxygens (including phenoxy) is 3. The maximum atomic E-state index is 10.6. The molecule has 1 N–H and O–H groups in total. The summed E-state index contributed by atoms with van der Waals surface area (Å²) in [5.74, 6) is 0. The Kier molecular flexibility index (Phi) is 16.1. The Hall–Kier alpha value is -0.250. The summed E-state index contributed by atoms with van der Waals surface area (Å²) in [4.78, 5) is 0. The van der Waals surface area contributed by atoms with Gasteiger partial charge in [0.05, 0.1) is 33.0 Å². The molecule has 0 amide bonds. The largest absolute Gasteiger partial charge is 0.397 e. The fourth-order valence-corrected chi connectivity index (χ4v) is 2.56. The molecule has 0 rings (SSSR count). The van der Waals surface area contributed by atoms with Gasteiger partial charge in [0.15, 0.2) is 0 Å². The predicted octanol–water partition coefficient (Wildman–Crippen LogP) is 2.99. The molecule has 0 aliphatic carbocycles. The molecule has 0 heterocycles. The molecule has 1 unspecified atom stereocenters. The van der Waals surface area contributed by atoms with E-state index in [1.807, 2.05) is 0 Å². The van der Waals surface area contributed by atoms with Crippen molar-refractivity contribution >= 4 is 10.4 Å². The van der Waals surface area contributed by atoms with Crippen molar-refractivity contribution in [1.29, 1.82) is 0 Å². The highest BCUT2D eigenvalue weighted by molar-refractivity contribution is 7.80. The van der Waals surface area contributed by atoms with Gasteiger partial charge >= 0.3 is 10.4 Å². The Morgan fingerprint density at radius 1 is 0.792 bits per heavy atom. The summed E-state index contributed by atoms with van der Waals surface area (Å²) in [6, 6.07) is 0. The van der Waals surface area contributed by atoms with Crippen LogP contribution in [-0.2, 0) is 28.8 Å². The van der Waals surface area contributed by atoms with E-state index < -0.39 is 16.5 Å². The van der Waals surface area contributed by atoms with Crippen molar-refractivity contribution in [3.05, 3.63) is 0 Å². The molecular formula is C16H34O7S. The molecule has 8 heteroatoms. The highest BCUT2D eigenvalue weighted by Gasteiger charge is 2.15. The first-order valence-corrected chi connectivity index (χ1v) is 10.2. The Morgan fingerprint density at radius 3 is 1.92 bits per heavy atom. The second-order valence-electron chi connectivity index (χ2n) is 5.62.